The van der Waals surface area contributed by atoms with E-state index in [4.69, 9.17) is 21.1 Å². The Morgan fingerprint density at radius 1 is 0.448 bits per heavy atom. The highest BCUT2D eigenvalue weighted by Gasteiger charge is 2.18. The number of carbonyl (C=O) groups is 2. The van der Waals surface area contributed by atoms with Crippen LogP contribution in [-0.4, -0.2) is 11.9 Å². The first-order valence-electron chi connectivity index (χ1n) is 18.7. The largest absolute Gasteiger partial charge is 0.423 e. The van der Waals surface area contributed by atoms with Gasteiger partial charge in [-0.1, -0.05) is 97.1 Å². The van der Waals surface area contributed by atoms with Gasteiger partial charge in [0.15, 0.2) is 0 Å². The first-order valence-corrected chi connectivity index (χ1v) is 19.1. The van der Waals surface area contributed by atoms with E-state index < -0.39 is 11.9 Å². The molecule has 0 radical (unpaired) electrons. The molecule has 0 aromatic heterocycles. The van der Waals surface area contributed by atoms with Crippen LogP contribution in [0, 0.1) is 6.92 Å². The first kappa shape index (κ1) is 39.1. The molecule has 0 aliphatic carbocycles. The zero-order valence-electron chi connectivity index (χ0n) is 32.5. The van der Waals surface area contributed by atoms with Gasteiger partial charge in [0.05, 0.1) is 0 Å². The van der Waals surface area contributed by atoms with Crippen LogP contribution in [0.3, 0.4) is 0 Å². The lowest BCUT2D eigenvalue weighted by atomic mass is 10.0. The highest BCUT2D eigenvalue weighted by Crippen LogP contribution is 2.41. The molecular weight excluding hydrogens is 740 g/mol. The van der Waals surface area contributed by atoms with Crippen LogP contribution in [0.4, 0.5) is 34.1 Å². The maximum atomic E-state index is 12.0. The first-order chi connectivity index (χ1) is 28.0. The molecule has 58 heavy (non-hydrogen) atoms. The summed E-state index contributed by atoms with van der Waals surface area (Å²) in [6.07, 6.45) is 0. The van der Waals surface area contributed by atoms with Gasteiger partial charge in [-0.15, -0.1) is 0 Å². The van der Waals surface area contributed by atoms with Gasteiger partial charge in [0.1, 0.15) is 11.5 Å². The van der Waals surface area contributed by atoms with Crippen LogP contribution in [0.5, 0.6) is 11.5 Å². The average Bonchev–Trinajstić information content (AvgIpc) is 3.24. The molecule has 0 aliphatic rings. The SMILES string of the molecule is C=C(C)C(=O)Oc1ccc(-c2ccc(N(c3ccc(C)cc3)c3cccc(N(c4ccc(Cl)cc4)c4ccc(-c5ccc(OC(=O)C(=C)C)cc5)cc4)c3)cc2)cc1. The molecule has 0 amide bonds. The number of carbonyl (C=O) groups excluding carboxylic acids is 2. The van der Waals surface area contributed by atoms with Crippen molar-refractivity contribution in [1.82, 2.24) is 0 Å². The minimum absolute atomic E-state index is 0.345. The minimum atomic E-state index is -0.451. The number of hydrogen-bond acceptors (Lipinski definition) is 6. The van der Waals surface area contributed by atoms with E-state index in [-0.39, 0.29) is 0 Å². The van der Waals surface area contributed by atoms with Crippen LogP contribution in [0.2, 0.25) is 5.02 Å². The summed E-state index contributed by atoms with van der Waals surface area (Å²) in [5.41, 5.74) is 11.7. The van der Waals surface area contributed by atoms with E-state index >= 15 is 0 Å². The Balaban J connectivity index is 1.22. The van der Waals surface area contributed by atoms with Crippen molar-refractivity contribution in [2.24, 2.45) is 0 Å². The molecule has 0 heterocycles. The summed E-state index contributed by atoms with van der Waals surface area (Å²) < 4.78 is 10.8. The normalized spacial score (nSPS) is 10.7. The molecule has 0 fully saturated rings. The van der Waals surface area contributed by atoms with Crippen molar-refractivity contribution in [3.05, 3.63) is 205 Å². The topological polar surface area (TPSA) is 59.1 Å². The van der Waals surface area contributed by atoms with Crippen LogP contribution < -0.4 is 19.3 Å². The third kappa shape index (κ3) is 9.10. The highest BCUT2D eigenvalue weighted by atomic mass is 35.5. The molecule has 6 nitrogen and oxygen atoms in total. The Morgan fingerprint density at radius 2 is 0.759 bits per heavy atom. The van der Waals surface area contributed by atoms with Gasteiger partial charge in [0.2, 0.25) is 0 Å². The van der Waals surface area contributed by atoms with Gasteiger partial charge in [-0.05, 0) is 146 Å². The Morgan fingerprint density at radius 3 is 1.10 bits per heavy atom. The summed E-state index contributed by atoms with van der Waals surface area (Å²) >= 11 is 6.37. The molecular formula is C51H41ClN2O4. The van der Waals surface area contributed by atoms with E-state index in [1.165, 1.54) is 5.56 Å². The summed E-state index contributed by atoms with van der Waals surface area (Å²) in [6, 6.07) is 56.5. The third-order valence-corrected chi connectivity index (χ3v) is 9.72. The molecule has 0 saturated heterocycles. The number of esters is 2. The minimum Gasteiger partial charge on any atom is -0.423 e. The van der Waals surface area contributed by atoms with Gasteiger partial charge in [-0.3, -0.25) is 0 Å². The average molecular weight is 781 g/mol. The van der Waals surface area contributed by atoms with Crippen molar-refractivity contribution < 1.29 is 19.1 Å². The molecule has 0 saturated carbocycles. The number of hydrogen-bond donors (Lipinski definition) is 0. The molecule has 7 aromatic carbocycles. The maximum Gasteiger partial charge on any atom is 0.338 e. The summed E-state index contributed by atoms with van der Waals surface area (Å²) in [4.78, 5) is 28.4. The van der Waals surface area contributed by atoms with E-state index in [1.807, 2.05) is 48.5 Å². The second kappa shape index (κ2) is 17.3. The van der Waals surface area contributed by atoms with Crippen molar-refractivity contribution in [2.75, 3.05) is 9.80 Å². The van der Waals surface area contributed by atoms with E-state index in [0.717, 1.165) is 56.4 Å². The number of halogens is 1. The lowest BCUT2D eigenvalue weighted by Gasteiger charge is -2.29. The maximum absolute atomic E-state index is 12.0. The summed E-state index contributed by atoms with van der Waals surface area (Å²) in [5.74, 6) is 0.0359. The van der Waals surface area contributed by atoms with E-state index in [2.05, 4.69) is 127 Å². The Bertz CT molecular complexity index is 2400. The van der Waals surface area contributed by atoms with Gasteiger partial charge >= 0.3 is 11.9 Å². The predicted octanol–water partition coefficient (Wildman–Crippen LogP) is 13.9. The van der Waals surface area contributed by atoms with Crippen molar-refractivity contribution in [3.8, 4) is 33.8 Å². The fourth-order valence-electron chi connectivity index (χ4n) is 6.37. The molecule has 0 spiro atoms. The van der Waals surface area contributed by atoms with Crippen LogP contribution in [0.25, 0.3) is 22.3 Å². The van der Waals surface area contributed by atoms with Crippen LogP contribution in [0.15, 0.2) is 194 Å². The Kier molecular flexibility index (Phi) is 11.7. The summed E-state index contributed by atoms with van der Waals surface area (Å²) in [5, 5.41) is 0.654. The van der Waals surface area contributed by atoms with Crippen molar-refractivity contribution >= 4 is 57.7 Å². The zero-order chi connectivity index (χ0) is 40.8. The quantitative estimate of drug-likeness (QED) is 0.0699. The van der Waals surface area contributed by atoms with Gasteiger partial charge in [0.25, 0.3) is 0 Å². The number of ether oxygens (including phenoxy) is 2. The number of aryl methyl sites for hydroxylation is 1. The van der Waals surface area contributed by atoms with Crippen molar-refractivity contribution in [1.29, 1.82) is 0 Å². The Labute approximate surface area is 344 Å². The number of nitrogens with zero attached hydrogens (tertiary/aromatic N) is 2. The number of rotatable bonds is 12. The number of anilines is 6. The van der Waals surface area contributed by atoms with Gasteiger partial charge in [-0.25, -0.2) is 9.59 Å². The van der Waals surface area contributed by atoms with E-state index in [0.29, 0.717) is 27.7 Å². The van der Waals surface area contributed by atoms with Crippen LogP contribution in [0.1, 0.15) is 19.4 Å². The van der Waals surface area contributed by atoms with E-state index in [9.17, 15) is 9.59 Å². The fourth-order valence-corrected chi connectivity index (χ4v) is 6.50. The molecule has 0 aliphatic heterocycles. The van der Waals surface area contributed by atoms with Crippen LogP contribution >= 0.6 is 11.6 Å². The predicted molar refractivity (Wildman–Crippen MR) is 237 cm³/mol. The second-order valence-electron chi connectivity index (χ2n) is 14.0. The lowest BCUT2D eigenvalue weighted by molar-refractivity contribution is -0.130. The standard InChI is InChI=1S/C51H41ClN2O4/c1-34(2)50(55)57-48-29-15-39(16-30-48)37-11-23-43(24-12-37)53(42-21-9-36(5)10-22-42)46-7-6-8-47(33-46)54(45-27-19-41(52)20-28-45)44-25-13-38(14-26-44)40-17-31-49(32-18-40)58-51(56)35(3)4/h6-33H,1,3H2,2,4-5H3. The fraction of sp³-hybridized carbons (Fsp3) is 0.0588. The van der Waals surface area contributed by atoms with Crippen LogP contribution in [-0.2, 0) is 9.59 Å². The lowest BCUT2D eigenvalue weighted by Crippen LogP contribution is -2.13. The Hall–Kier alpha value is -7.15. The molecule has 0 N–H and O–H groups in total. The third-order valence-electron chi connectivity index (χ3n) is 9.47. The molecule has 7 heteroatoms. The molecule has 7 aromatic rings. The van der Waals surface area contributed by atoms with Crippen molar-refractivity contribution in [2.45, 2.75) is 20.8 Å². The smallest absolute Gasteiger partial charge is 0.338 e. The summed E-state index contributed by atoms with van der Waals surface area (Å²) in [7, 11) is 0. The van der Waals surface area contributed by atoms with Gasteiger partial charge < -0.3 is 19.3 Å². The summed E-state index contributed by atoms with van der Waals surface area (Å²) in [6.45, 7) is 12.6. The van der Waals surface area contributed by atoms with E-state index in [1.54, 1.807) is 38.1 Å². The van der Waals surface area contributed by atoms with Crippen molar-refractivity contribution in [3.63, 3.8) is 0 Å². The molecule has 286 valence electrons. The highest BCUT2D eigenvalue weighted by molar-refractivity contribution is 6.30. The molecule has 0 unspecified atom stereocenters. The molecule has 0 atom stereocenters. The monoisotopic (exact) mass is 780 g/mol. The van der Waals surface area contributed by atoms with Gasteiger partial charge in [0, 0.05) is 50.3 Å². The second-order valence-corrected chi connectivity index (χ2v) is 14.4. The molecule has 7 rings (SSSR count). The molecule has 0 bridgehead atoms. The zero-order valence-corrected chi connectivity index (χ0v) is 33.2. The number of benzene rings is 7. The van der Waals surface area contributed by atoms with Gasteiger partial charge in [-0.2, -0.15) is 0 Å².